The first-order valence-electron chi connectivity index (χ1n) is 12.7. The molecule has 180 valence electrons. The lowest BCUT2D eigenvalue weighted by atomic mass is 9.91. The van der Waals surface area contributed by atoms with Crippen LogP contribution in [-0.2, 0) is 19.4 Å². The van der Waals surface area contributed by atoms with E-state index in [0.717, 1.165) is 62.6 Å². The Bertz CT molecular complexity index is 1140. The number of ether oxygens (including phenoxy) is 1. The highest BCUT2D eigenvalue weighted by atomic mass is 16.5. The summed E-state index contributed by atoms with van der Waals surface area (Å²) in [5.41, 5.74) is 3.81. The van der Waals surface area contributed by atoms with Crippen LogP contribution >= 0.6 is 0 Å². The van der Waals surface area contributed by atoms with Crippen LogP contribution in [0.3, 0.4) is 0 Å². The third kappa shape index (κ3) is 4.97. The highest BCUT2D eigenvalue weighted by Crippen LogP contribution is 2.30. The molecule has 0 spiro atoms. The summed E-state index contributed by atoms with van der Waals surface area (Å²) in [6.07, 6.45) is 9.21. The van der Waals surface area contributed by atoms with Gasteiger partial charge in [0.2, 0.25) is 5.95 Å². The lowest BCUT2D eigenvalue weighted by molar-refractivity contribution is 0.348. The second-order valence-corrected chi connectivity index (χ2v) is 9.98. The molecule has 5 rings (SSSR count). The van der Waals surface area contributed by atoms with Gasteiger partial charge in [0.05, 0.1) is 12.8 Å². The van der Waals surface area contributed by atoms with Crippen molar-refractivity contribution in [3.63, 3.8) is 0 Å². The normalized spacial score (nSPS) is 20.1. The summed E-state index contributed by atoms with van der Waals surface area (Å²) in [6.45, 7) is 0.830. The minimum absolute atomic E-state index is 0.435. The Kier molecular flexibility index (Phi) is 6.86. The van der Waals surface area contributed by atoms with E-state index in [-0.39, 0.29) is 0 Å². The van der Waals surface area contributed by atoms with Crippen LogP contribution in [0.15, 0.2) is 36.4 Å². The van der Waals surface area contributed by atoms with E-state index in [0.29, 0.717) is 12.1 Å². The molecule has 0 unspecified atom stereocenters. The Hall–Kier alpha value is -2.86. The van der Waals surface area contributed by atoms with Gasteiger partial charge in [-0.15, -0.1) is 0 Å². The minimum Gasteiger partial charge on any atom is -0.496 e. The number of benzene rings is 2. The molecule has 1 aromatic heterocycles. The Morgan fingerprint density at radius 1 is 0.941 bits per heavy atom. The van der Waals surface area contributed by atoms with Gasteiger partial charge in [-0.3, -0.25) is 0 Å². The largest absolute Gasteiger partial charge is 0.496 e. The van der Waals surface area contributed by atoms with Crippen molar-refractivity contribution in [2.24, 2.45) is 0 Å². The van der Waals surface area contributed by atoms with E-state index in [1.165, 1.54) is 40.4 Å². The first-order valence-corrected chi connectivity index (χ1v) is 12.7. The van der Waals surface area contributed by atoms with Crippen molar-refractivity contribution in [3.8, 4) is 5.75 Å². The summed E-state index contributed by atoms with van der Waals surface area (Å²) in [6, 6.07) is 13.8. The molecule has 2 aliphatic rings. The van der Waals surface area contributed by atoms with Crippen LogP contribution in [0.2, 0.25) is 0 Å². The van der Waals surface area contributed by atoms with E-state index in [4.69, 9.17) is 14.7 Å². The van der Waals surface area contributed by atoms with E-state index in [1.807, 2.05) is 0 Å². The highest BCUT2D eigenvalue weighted by molar-refractivity contribution is 5.85. The van der Waals surface area contributed by atoms with Crippen molar-refractivity contribution in [2.45, 2.75) is 70.0 Å². The van der Waals surface area contributed by atoms with Crippen LogP contribution < -0.4 is 20.3 Å². The van der Waals surface area contributed by atoms with E-state index in [9.17, 15) is 0 Å². The first-order chi connectivity index (χ1) is 16.6. The molecule has 6 heteroatoms. The molecule has 34 heavy (non-hydrogen) atoms. The molecule has 0 amide bonds. The Morgan fingerprint density at radius 3 is 2.38 bits per heavy atom. The number of aromatic nitrogens is 2. The van der Waals surface area contributed by atoms with E-state index >= 15 is 0 Å². The maximum absolute atomic E-state index is 5.68. The van der Waals surface area contributed by atoms with Crippen LogP contribution in [-0.4, -0.2) is 43.3 Å². The molecule has 0 radical (unpaired) electrons. The number of methoxy groups -OCH3 is 1. The van der Waals surface area contributed by atoms with Gasteiger partial charge in [-0.2, -0.15) is 4.98 Å². The number of rotatable bonds is 7. The number of nitrogens with one attached hydrogen (secondary N) is 2. The predicted octanol–water partition coefficient (Wildman–Crippen LogP) is 5.10. The van der Waals surface area contributed by atoms with Crippen LogP contribution in [0.1, 0.15) is 55.3 Å². The molecule has 1 heterocycles. The molecule has 1 fully saturated rings. The van der Waals surface area contributed by atoms with Gasteiger partial charge in [0.15, 0.2) is 0 Å². The van der Waals surface area contributed by atoms with Gasteiger partial charge in [0, 0.05) is 43.9 Å². The fraction of sp³-hybridized carbons (Fsp3) is 0.500. The van der Waals surface area contributed by atoms with Crippen molar-refractivity contribution in [1.82, 2.24) is 15.3 Å². The van der Waals surface area contributed by atoms with Crippen molar-refractivity contribution in [2.75, 3.05) is 31.4 Å². The third-order valence-electron chi connectivity index (χ3n) is 7.38. The summed E-state index contributed by atoms with van der Waals surface area (Å²) in [4.78, 5) is 11.9. The van der Waals surface area contributed by atoms with Gasteiger partial charge in [-0.05, 0) is 74.3 Å². The van der Waals surface area contributed by atoms with Crippen molar-refractivity contribution in [1.29, 1.82) is 0 Å². The third-order valence-corrected chi connectivity index (χ3v) is 7.38. The quantitative estimate of drug-likeness (QED) is 0.513. The maximum atomic E-state index is 5.68. The lowest BCUT2D eigenvalue weighted by Gasteiger charge is -2.31. The standard InChI is InChI=1S/C28H37N5O/c1-33(2)27-24-10-6-7-11-25(24)31-28(32-27)30-23-14-12-22(13-15-23)29-18-21-16-19-8-4-5-9-20(19)17-26(21)34-3/h4-5,8-9,16-17,22-23,29H,6-7,10-15,18H2,1-3H3,(H,30,31,32). The van der Waals surface area contributed by atoms with Crippen LogP contribution in [0.5, 0.6) is 5.75 Å². The van der Waals surface area contributed by atoms with Gasteiger partial charge in [0.1, 0.15) is 11.6 Å². The van der Waals surface area contributed by atoms with Crippen molar-refractivity contribution in [3.05, 3.63) is 53.2 Å². The maximum Gasteiger partial charge on any atom is 0.225 e. The molecule has 0 aliphatic heterocycles. The van der Waals surface area contributed by atoms with Crippen molar-refractivity contribution >= 4 is 22.5 Å². The number of fused-ring (bicyclic) bond motifs is 2. The average Bonchev–Trinajstić information content (AvgIpc) is 2.87. The fourth-order valence-electron chi connectivity index (χ4n) is 5.48. The Balaban J connectivity index is 1.18. The fourth-order valence-corrected chi connectivity index (χ4v) is 5.48. The first kappa shape index (κ1) is 22.9. The second kappa shape index (κ2) is 10.2. The van der Waals surface area contributed by atoms with Crippen molar-refractivity contribution < 1.29 is 4.74 Å². The average molecular weight is 460 g/mol. The van der Waals surface area contributed by atoms with E-state index < -0.39 is 0 Å². The SMILES string of the molecule is COc1cc2ccccc2cc1CNC1CCC(Nc2nc3c(c(N(C)C)n2)CCCC3)CC1. The number of hydrogen-bond acceptors (Lipinski definition) is 6. The lowest BCUT2D eigenvalue weighted by Crippen LogP contribution is -2.37. The number of nitrogens with zero attached hydrogens (tertiary/aromatic N) is 3. The molecule has 0 bridgehead atoms. The summed E-state index contributed by atoms with van der Waals surface area (Å²) in [5.74, 6) is 2.86. The van der Waals surface area contributed by atoms with Crippen LogP contribution in [0.25, 0.3) is 10.8 Å². The highest BCUT2D eigenvalue weighted by Gasteiger charge is 2.24. The van der Waals surface area contributed by atoms with Crippen LogP contribution in [0.4, 0.5) is 11.8 Å². The topological polar surface area (TPSA) is 62.3 Å². The van der Waals surface area contributed by atoms with E-state index in [2.05, 4.69) is 66.0 Å². The molecule has 6 nitrogen and oxygen atoms in total. The molecule has 0 saturated heterocycles. The number of hydrogen-bond donors (Lipinski definition) is 2. The zero-order chi connectivity index (χ0) is 23.5. The Labute approximate surface area is 203 Å². The zero-order valence-corrected chi connectivity index (χ0v) is 20.7. The Morgan fingerprint density at radius 2 is 1.65 bits per heavy atom. The van der Waals surface area contributed by atoms with Crippen LogP contribution in [0, 0.1) is 0 Å². The molecule has 2 aromatic carbocycles. The summed E-state index contributed by atoms with van der Waals surface area (Å²) in [7, 11) is 5.93. The van der Waals surface area contributed by atoms with Gasteiger partial charge >= 0.3 is 0 Å². The molecule has 3 aromatic rings. The summed E-state index contributed by atoms with van der Waals surface area (Å²) in [5, 5.41) is 9.92. The second-order valence-electron chi connectivity index (χ2n) is 9.98. The monoisotopic (exact) mass is 459 g/mol. The number of anilines is 2. The molecule has 2 N–H and O–H groups in total. The van der Waals surface area contributed by atoms with E-state index in [1.54, 1.807) is 7.11 Å². The van der Waals surface area contributed by atoms with Gasteiger partial charge in [0.25, 0.3) is 0 Å². The van der Waals surface area contributed by atoms with Gasteiger partial charge in [-0.1, -0.05) is 24.3 Å². The predicted molar refractivity (Wildman–Crippen MR) is 140 cm³/mol. The summed E-state index contributed by atoms with van der Waals surface area (Å²) >= 11 is 0. The zero-order valence-electron chi connectivity index (χ0n) is 20.7. The molecule has 2 aliphatic carbocycles. The molecular formula is C28H37N5O. The smallest absolute Gasteiger partial charge is 0.225 e. The summed E-state index contributed by atoms with van der Waals surface area (Å²) < 4.78 is 5.68. The van der Waals surface area contributed by atoms with Gasteiger partial charge < -0.3 is 20.3 Å². The number of aryl methyl sites for hydroxylation is 1. The molecular weight excluding hydrogens is 422 g/mol. The minimum atomic E-state index is 0.435. The molecule has 1 saturated carbocycles. The molecule has 0 atom stereocenters. The van der Waals surface area contributed by atoms with Gasteiger partial charge in [-0.25, -0.2) is 4.98 Å².